The molecule has 3 N–H and O–H groups in total. The highest BCUT2D eigenvalue weighted by atomic mass is 16.5. The molecule has 7 heteroatoms. The monoisotopic (exact) mass is 409 g/mol. The third-order valence-electron chi connectivity index (χ3n) is 4.60. The number of ether oxygens (including phenoxy) is 1. The molecular formula is C23H27N3O4. The zero-order valence-electron chi connectivity index (χ0n) is 17.6. The number of carbonyl (C=O) groups is 3. The Hall–Kier alpha value is -3.61. The van der Waals surface area contributed by atoms with Gasteiger partial charge in [-0.3, -0.25) is 14.4 Å². The van der Waals surface area contributed by atoms with E-state index in [1.807, 2.05) is 38.1 Å². The van der Waals surface area contributed by atoms with Crippen molar-refractivity contribution in [1.29, 1.82) is 0 Å². The van der Waals surface area contributed by atoms with E-state index in [2.05, 4.69) is 16.0 Å². The van der Waals surface area contributed by atoms with Crippen molar-refractivity contribution in [2.75, 3.05) is 19.0 Å². The largest absolute Gasteiger partial charge is 0.497 e. The summed E-state index contributed by atoms with van der Waals surface area (Å²) in [6.07, 6.45) is 2.98. The second kappa shape index (κ2) is 10.8. The van der Waals surface area contributed by atoms with Crippen LogP contribution in [0.4, 0.5) is 5.69 Å². The normalized spacial score (nSPS) is 11.6. The summed E-state index contributed by atoms with van der Waals surface area (Å²) in [7, 11) is 1.58. The average molecular weight is 409 g/mol. The van der Waals surface area contributed by atoms with Gasteiger partial charge < -0.3 is 20.7 Å². The van der Waals surface area contributed by atoms with Crippen molar-refractivity contribution in [3.63, 3.8) is 0 Å². The molecule has 2 aromatic carbocycles. The van der Waals surface area contributed by atoms with Gasteiger partial charge in [-0.05, 0) is 61.7 Å². The minimum atomic E-state index is -0.786. The van der Waals surface area contributed by atoms with E-state index < -0.39 is 17.9 Å². The third-order valence-corrected chi connectivity index (χ3v) is 4.60. The minimum absolute atomic E-state index is 0.186. The first kappa shape index (κ1) is 22.7. The molecule has 0 spiro atoms. The molecule has 1 unspecified atom stereocenters. The molecule has 2 aromatic rings. The number of hydrogen-bond acceptors (Lipinski definition) is 4. The molecule has 3 amide bonds. The molecule has 0 bridgehead atoms. The quantitative estimate of drug-likeness (QED) is 0.584. The summed E-state index contributed by atoms with van der Waals surface area (Å²) < 4.78 is 5.08. The predicted molar refractivity (Wildman–Crippen MR) is 117 cm³/mol. The number of methoxy groups -OCH3 is 1. The van der Waals surface area contributed by atoms with Gasteiger partial charge in [0.2, 0.25) is 17.7 Å². The van der Waals surface area contributed by atoms with E-state index in [1.54, 1.807) is 38.3 Å². The van der Waals surface area contributed by atoms with Crippen LogP contribution in [0.25, 0.3) is 6.08 Å². The third kappa shape index (κ3) is 6.77. The van der Waals surface area contributed by atoms with Crippen molar-refractivity contribution in [3.05, 3.63) is 65.2 Å². The molecule has 0 saturated carbocycles. The van der Waals surface area contributed by atoms with Gasteiger partial charge in [-0.1, -0.05) is 24.3 Å². The van der Waals surface area contributed by atoms with Gasteiger partial charge in [0.15, 0.2) is 0 Å². The molecule has 0 heterocycles. The molecule has 2 rings (SSSR count). The van der Waals surface area contributed by atoms with Crippen LogP contribution in [-0.4, -0.2) is 37.4 Å². The lowest BCUT2D eigenvalue weighted by Gasteiger charge is -2.14. The van der Waals surface area contributed by atoms with Crippen LogP contribution < -0.4 is 20.7 Å². The average Bonchev–Trinajstić information content (AvgIpc) is 2.74. The van der Waals surface area contributed by atoms with E-state index in [0.717, 1.165) is 22.4 Å². The molecule has 0 saturated heterocycles. The van der Waals surface area contributed by atoms with Gasteiger partial charge in [0.05, 0.1) is 13.7 Å². The Balaban J connectivity index is 1.79. The Morgan fingerprint density at radius 2 is 1.77 bits per heavy atom. The SMILES string of the molecule is COc1ccc(/C=C/C(=O)NC(C)C(=O)NCC(=O)Nc2cccc(C)c2C)cc1. The number of benzene rings is 2. The van der Waals surface area contributed by atoms with E-state index in [0.29, 0.717) is 5.69 Å². The van der Waals surface area contributed by atoms with Gasteiger partial charge in [0.1, 0.15) is 11.8 Å². The highest BCUT2D eigenvalue weighted by molar-refractivity contribution is 5.98. The van der Waals surface area contributed by atoms with E-state index >= 15 is 0 Å². The van der Waals surface area contributed by atoms with Gasteiger partial charge in [0, 0.05) is 11.8 Å². The maximum atomic E-state index is 12.2. The first-order valence-electron chi connectivity index (χ1n) is 9.56. The van der Waals surface area contributed by atoms with Crippen LogP contribution in [-0.2, 0) is 14.4 Å². The standard InChI is InChI=1S/C23H27N3O4/c1-15-6-5-7-20(16(15)2)26-22(28)14-24-23(29)17(3)25-21(27)13-10-18-8-11-19(30-4)12-9-18/h5-13,17H,14H2,1-4H3,(H,24,29)(H,25,27)(H,26,28)/b13-10+. The highest BCUT2D eigenvalue weighted by Gasteiger charge is 2.15. The van der Waals surface area contributed by atoms with Crippen LogP contribution in [0, 0.1) is 13.8 Å². The fourth-order valence-corrected chi connectivity index (χ4v) is 2.62. The summed E-state index contributed by atoms with van der Waals surface area (Å²) in [5.41, 5.74) is 3.57. The fourth-order valence-electron chi connectivity index (χ4n) is 2.62. The second-order valence-corrected chi connectivity index (χ2v) is 6.85. The van der Waals surface area contributed by atoms with Crippen molar-refractivity contribution in [2.45, 2.75) is 26.8 Å². The van der Waals surface area contributed by atoms with Crippen molar-refractivity contribution in [3.8, 4) is 5.75 Å². The molecule has 0 aliphatic carbocycles. The van der Waals surface area contributed by atoms with Crippen LogP contribution in [0.5, 0.6) is 5.75 Å². The van der Waals surface area contributed by atoms with Crippen LogP contribution in [0.2, 0.25) is 0 Å². The molecule has 0 aromatic heterocycles. The smallest absolute Gasteiger partial charge is 0.244 e. The van der Waals surface area contributed by atoms with Crippen molar-refractivity contribution < 1.29 is 19.1 Å². The summed E-state index contributed by atoms with van der Waals surface area (Å²) >= 11 is 0. The van der Waals surface area contributed by atoms with Crippen LogP contribution in [0.15, 0.2) is 48.5 Å². The lowest BCUT2D eigenvalue weighted by atomic mass is 10.1. The minimum Gasteiger partial charge on any atom is -0.497 e. The maximum absolute atomic E-state index is 12.2. The molecule has 158 valence electrons. The summed E-state index contributed by atoms with van der Waals surface area (Å²) in [5.74, 6) is -0.468. The van der Waals surface area contributed by atoms with E-state index in [4.69, 9.17) is 4.74 Å². The van der Waals surface area contributed by atoms with Gasteiger partial charge >= 0.3 is 0 Å². The van der Waals surface area contributed by atoms with E-state index in [1.165, 1.54) is 6.08 Å². The zero-order chi connectivity index (χ0) is 22.1. The molecule has 0 radical (unpaired) electrons. The van der Waals surface area contributed by atoms with Crippen molar-refractivity contribution in [2.24, 2.45) is 0 Å². The van der Waals surface area contributed by atoms with Crippen LogP contribution in [0.1, 0.15) is 23.6 Å². The predicted octanol–water partition coefficient (Wildman–Crippen LogP) is 2.58. The zero-order valence-corrected chi connectivity index (χ0v) is 17.6. The summed E-state index contributed by atoms with van der Waals surface area (Å²) in [6.45, 7) is 5.24. The van der Waals surface area contributed by atoms with Crippen molar-refractivity contribution in [1.82, 2.24) is 10.6 Å². The fraction of sp³-hybridized carbons (Fsp3) is 0.261. The first-order valence-corrected chi connectivity index (χ1v) is 9.56. The Labute approximate surface area is 176 Å². The lowest BCUT2D eigenvalue weighted by molar-refractivity contribution is -0.127. The Morgan fingerprint density at radius 1 is 1.07 bits per heavy atom. The first-order chi connectivity index (χ1) is 14.3. The van der Waals surface area contributed by atoms with Crippen LogP contribution in [0.3, 0.4) is 0 Å². The van der Waals surface area contributed by atoms with Gasteiger partial charge in [-0.2, -0.15) is 0 Å². The van der Waals surface area contributed by atoms with Gasteiger partial charge in [-0.15, -0.1) is 0 Å². The molecule has 1 atom stereocenters. The van der Waals surface area contributed by atoms with Crippen LogP contribution >= 0.6 is 0 Å². The molecule has 0 aliphatic rings. The van der Waals surface area contributed by atoms with Gasteiger partial charge in [0.25, 0.3) is 0 Å². The number of nitrogens with one attached hydrogen (secondary N) is 3. The maximum Gasteiger partial charge on any atom is 0.244 e. The summed E-state index contributed by atoms with van der Waals surface area (Å²) in [6, 6.07) is 12.0. The van der Waals surface area contributed by atoms with E-state index in [9.17, 15) is 14.4 Å². The van der Waals surface area contributed by atoms with E-state index in [-0.39, 0.29) is 12.5 Å². The molecule has 0 fully saturated rings. The molecular weight excluding hydrogens is 382 g/mol. The molecule has 30 heavy (non-hydrogen) atoms. The lowest BCUT2D eigenvalue weighted by Crippen LogP contribution is -2.46. The highest BCUT2D eigenvalue weighted by Crippen LogP contribution is 2.17. The number of rotatable bonds is 8. The topological polar surface area (TPSA) is 96.5 Å². The number of anilines is 1. The number of hydrogen-bond donors (Lipinski definition) is 3. The van der Waals surface area contributed by atoms with Gasteiger partial charge in [-0.25, -0.2) is 0 Å². The molecule has 7 nitrogen and oxygen atoms in total. The summed E-state index contributed by atoms with van der Waals surface area (Å²) in [5, 5.41) is 7.86. The Bertz CT molecular complexity index is 936. The Morgan fingerprint density at radius 3 is 2.43 bits per heavy atom. The van der Waals surface area contributed by atoms with Crippen molar-refractivity contribution >= 4 is 29.5 Å². The number of amides is 3. The number of aryl methyl sites for hydroxylation is 1. The molecule has 0 aliphatic heterocycles. The second-order valence-electron chi connectivity index (χ2n) is 6.85. The summed E-state index contributed by atoms with van der Waals surface area (Å²) in [4.78, 5) is 36.3. The Kier molecular flexibility index (Phi) is 8.17. The number of carbonyl (C=O) groups excluding carboxylic acids is 3.